The van der Waals surface area contributed by atoms with E-state index in [1.807, 2.05) is 0 Å². The van der Waals surface area contributed by atoms with Gasteiger partial charge in [-0.05, 0) is 26.7 Å². The molecule has 25 heavy (non-hydrogen) atoms. The standard InChI is InChI=1S/C17H26N2O6/c1-10(17(23)25-11(2)14(20)18-8-9-24-3)19-15(21)12-6-4-5-7-13(12)16(19)22/h10-13H,4-9H2,1-3H3,(H,18,20)/t10-,11-,12-,13+/m0/s1. The molecule has 1 saturated carbocycles. The number of nitrogens with one attached hydrogen (secondary N) is 1. The summed E-state index contributed by atoms with van der Waals surface area (Å²) >= 11 is 0. The molecule has 1 aliphatic carbocycles. The Bertz CT molecular complexity index is 525. The average Bonchev–Trinajstić information content (AvgIpc) is 2.85. The van der Waals surface area contributed by atoms with E-state index in [-0.39, 0.29) is 23.7 Å². The molecule has 1 saturated heterocycles. The second-order valence-electron chi connectivity index (χ2n) is 6.58. The molecule has 0 aromatic heterocycles. The van der Waals surface area contributed by atoms with Crippen LogP contribution in [0.4, 0.5) is 0 Å². The van der Waals surface area contributed by atoms with Crippen molar-refractivity contribution < 1.29 is 28.7 Å². The van der Waals surface area contributed by atoms with E-state index in [2.05, 4.69) is 5.32 Å². The topological polar surface area (TPSA) is 102 Å². The third-order valence-electron chi connectivity index (χ3n) is 4.87. The quantitative estimate of drug-likeness (QED) is 0.399. The zero-order valence-electron chi connectivity index (χ0n) is 14.9. The molecule has 4 atom stereocenters. The summed E-state index contributed by atoms with van der Waals surface area (Å²) in [6, 6.07) is -1.03. The number of rotatable bonds is 7. The highest BCUT2D eigenvalue weighted by molar-refractivity contribution is 6.07. The van der Waals surface area contributed by atoms with Crippen LogP contribution in [0.1, 0.15) is 39.5 Å². The maximum absolute atomic E-state index is 12.5. The fourth-order valence-corrected chi connectivity index (χ4v) is 3.42. The molecule has 2 rings (SSSR count). The van der Waals surface area contributed by atoms with E-state index >= 15 is 0 Å². The average molecular weight is 354 g/mol. The summed E-state index contributed by atoms with van der Waals surface area (Å²) in [5, 5.41) is 2.57. The second kappa shape index (κ2) is 8.42. The lowest BCUT2D eigenvalue weighted by Crippen LogP contribution is -2.46. The number of esters is 1. The predicted molar refractivity (Wildman–Crippen MR) is 87.2 cm³/mol. The minimum atomic E-state index is -1.03. The maximum Gasteiger partial charge on any atom is 0.329 e. The van der Waals surface area contributed by atoms with Crippen LogP contribution in [0.3, 0.4) is 0 Å². The van der Waals surface area contributed by atoms with Gasteiger partial charge in [0.15, 0.2) is 6.10 Å². The molecule has 3 amide bonds. The van der Waals surface area contributed by atoms with E-state index in [0.717, 1.165) is 17.7 Å². The van der Waals surface area contributed by atoms with E-state index < -0.39 is 24.0 Å². The molecular weight excluding hydrogens is 328 g/mol. The van der Waals surface area contributed by atoms with E-state index in [1.54, 1.807) is 0 Å². The Labute approximate surface area is 147 Å². The minimum absolute atomic E-state index is 0.295. The normalized spacial score (nSPS) is 25.3. The lowest BCUT2D eigenvalue weighted by Gasteiger charge is -2.23. The van der Waals surface area contributed by atoms with Crippen LogP contribution in [-0.4, -0.2) is 61.0 Å². The molecule has 1 aliphatic heterocycles. The van der Waals surface area contributed by atoms with Crippen molar-refractivity contribution in [2.75, 3.05) is 20.3 Å². The first-order valence-electron chi connectivity index (χ1n) is 8.72. The van der Waals surface area contributed by atoms with Gasteiger partial charge in [-0.15, -0.1) is 0 Å². The SMILES string of the molecule is COCCNC(=O)[C@H](C)OC(=O)[C@H](C)N1C(=O)[C@H]2CCCC[C@H]2C1=O. The Kier molecular flexibility index (Phi) is 6.52. The van der Waals surface area contributed by atoms with Crippen molar-refractivity contribution in [3.63, 3.8) is 0 Å². The van der Waals surface area contributed by atoms with Crippen LogP contribution < -0.4 is 5.32 Å². The largest absolute Gasteiger partial charge is 0.451 e. The number of nitrogens with zero attached hydrogens (tertiary/aromatic N) is 1. The molecule has 140 valence electrons. The van der Waals surface area contributed by atoms with Gasteiger partial charge in [0.05, 0.1) is 18.4 Å². The van der Waals surface area contributed by atoms with E-state index in [0.29, 0.717) is 26.0 Å². The lowest BCUT2D eigenvalue weighted by atomic mass is 9.81. The molecule has 0 spiro atoms. The fraction of sp³-hybridized carbons (Fsp3) is 0.765. The van der Waals surface area contributed by atoms with Gasteiger partial charge < -0.3 is 14.8 Å². The highest BCUT2D eigenvalue weighted by Crippen LogP contribution is 2.38. The third kappa shape index (κ3) is 4.18. The predicted octanol–water partition coefficient (Wildman–Crippen LogP) is 0.244. The molecule has 0 bridgehead atoms. The maximum atomic E-state index is 12.5. The monoisotopic (exact) mass is 354 g/mol. The van der Waals surface area contributed by atoms with Crippen LogP contribution in [0.5, 0.6) is 0 Å². The Morgan fingerprint density at radius 1 is 1.16 bits per heavy atom. The number of carbonyl (C=O) groups is 4. The van der Waals surface area contributed by atoms with Crippen molar-refractivity contribution in [3.05, 3.63) is 0 Å². The van der Waals surface area contributed by atoms with E-state index in [1.165, 1.54) is 21.0 Å². The molecule has 0 radical (unpaired) electrons. The molecule has 1 heterocycles. The summed E-state index contributed by atoms with van der Waals surface area (Å²) in [4.78, 5) is 50.2. The van der Waals surface area contributed by atoms with Crippen molar-refractivity contribution in [1.29, 1.82) is 0 Å². The van der Waals surface area contributed by atoms with Crippen LogP contribution in [0, 0.1) is 11.8 Å². The van der Waals surface area contributed by atoms with Gasteiger partial charge >= 0.3 is 5.97 Å². The summed E-state index contributed by atoms with van der Waals surface area (Å²) in [5.74, 6) is -2.43. The molecule has 0 unspecified atom stereocenters. The number of imide groups is 1. The van der Waals surface area contributed by atoms with Gasteiger partial charge in [0.1, 0.15) is 6.04 Å². The van der Waals surface area contributed by atoms with Gasteiger partial charge in [-0.3, -0.25) is 19.3 Å². The van der Waals surface area contributed by atoms with Crippen molar-refractivity contribution in [2.45, 2.75) is 51.7 Å². The smallest absolute Gasteiger partial charge is 0.329 e. The van der Waals surface area contributed by atoms with Crippen molar-refractivity contribution in [3.8, 4) is 0 Å². The second-order valence-corrected chi connectivity index (χ2v) is 6.58. The molecule has 2 fully saturated rings. The first kappa shape index (κ1) is 19.4. The highest BCUT2D eigenvalue weighted by atomic mass is 16.5. The molecule has 1 N–H and O–H groups in total. The summed E-state index contributed by atoms with van der Waals surface area (Å²) in [6.07, 6.45) is 2.20. The van der Waals surface area contributed by atoms with Crippen molar-refractivity contribution in [1.82, 2.24) is 10.2 Å². The van der Waals surface area contributed by atoms with Gasteiger partial charge in [0.25, 0.3) is 5.91 Å². The summed E-state index contributed by atoms with van der Waals surface area (Å²) in [7, 11) is 1.51. The third-order valence-corrected chi connectivity index (χ3v) is 4.87. The number of amides is 3. The van der Waals surface area contributed by atoms with Crippen LogP contribution in [0.15, 0.2) is 0 Å². The van der Waals surface area contributed by atoms with Crippen LogP contribution in [0.25, 0.3) is 0 Å². The van der Waals surface area contributed by atoms with Gasteiger partial charge in [-0.1, -0.05) is 12.8 Å². The number of carbonyl (C=O) groups excluding carboxylic acids is 4. The summed E-state index contributed by atoms with van der Waals surface area (Å²) < 4.78 is 9.95. The first-order valence-corrected chi connectivity index (χ1v) is 8.72. The van der Waals surface area contributed by atoms with Gasteiger partial charge in [0, 0.05) is 13.7 Å². The Hall–Kier alpha value is -1.96. The number of hydrogen-bond donors (Lipinski definition) is 1. The van der Waals surface area contributed by atoms with E-state index in [9.17, 15) is 19.2 Å². The Morgan fingerprint density at radius 3 is 2.24 bits per heavy atom. The van der Waals surface area contributed by atoms with Crippen LogP contribution in [0.2, 0.25) is 0 Å². The zero-order chi connectivity index (χ0) is 18.6. The van der Waals surface area contributed by atoms with Crippen LogP contribution in [-0.2, 0) is 28.7 Å². The molecule has 8 heteroatoms. The molecule has 0 aromatic rings. The Balaban J connectivity index is 1.94. The summed E-state index contributed by atoms with van der Waals surface area (Å²) in [5.41, 5.74) is 0. The molecular formula is C17H26N2O6. The number of methoxy groups -OCH3 is 1. The van der Waals surface area contributed by atoms with Gasteiger partial charge in [-0.2, -0.15) is 0 Å². The van der Waals surface area contributed by atoms with Gasteiger partial charge in [-0.25, -0.2) is 4.79 Å². The summed E-state index contributed by atoms with van der Waals surface area (Å²) in [6.45, 7) is 3.56. The lowest BCUT2D eigenvalue weighted by molar-refractivity contribution is -0.164. The highest BCUT2D eigenvalue weighted by Gasteiger charge is 2.51. The molecule has 8 nitrogen and oxygen atoms in total. The van der Waals surface area contributed by atoms with E-state index in [4.69, 9.17) is 9.47 Å². The molecule has 2 aliphatic rings. The van der Waals surface area contributed by atoms with Gasteiger partial charge in [0.2, 0.25) is 11.8 Å². The number of hydrogen-bond acceptors (Lipinski definition) is 6. The Morgan fingerprint density at radius 2 is 1.72 bits per heavy atom. The zero-order valence-corrected chi connectivity index (χ0v) is 14.9. The number of ether oxygens (including phenoxy) is 2. The minimum Gasteiger partial charge on any atom is -0.451 e. The first-order chi connectivity index (χ1) is 11.9. The van der Waals surface area contributed by atoms with Crippen molar-refractivity contribution >= 4 is 23.7 Å². The fourth-order valence-electron chi connectivity index (χ4n) is 3.42. The number of fused-ring (bicyclic) bond motifs is 1. The number of likely N-dealkylation sites (tertiary alicyclic amines) is 1. The van der Waals surface area contributed by atoms with Crippen LogP contribution >= 0.6 is 0 Å². The van der Waals surface area contributed by atoms with Crippen molar-refractivity contribution in [2.24, 2.45) is 11.8 Å². The molecule has 0 aromatic carbocycles.